The summed E-state index contributed by atoms with van der Waals surface area (Å²) in [4.78, 5) is 0.291. The molecule has 0 saturated carbocycles. The van der Waals surface area contributed by atoms with Gasteiger partial charge in [-0.15, -0.1) is 11.6 Å². The Morgan fingerprint density at radius 2 is 2.25 bits per heavy atom. The number of hydrogen-bond donors (Lipinski definition) is 0. The second-order valence-electron chi connectivity index (χ2n) is 5.55. The average Bonchev–Trinajstić information content (AvgIpc) is 3.05. The summed E-state index contributed by atoms with van der Waals surface area (Å²) in [5.74, 6) is 0.877. The lowest BCUT2D eigenvalue weighted by molar-refractivity contribution is 0.315. The van der Waals surface area contributed by atoms with E-state index in [4.69, 9.17) is 11.6 Å². The van der Waals surface area contributed by atoms with Crippen molar-refractivity contribution in [3.8, 4) is 0 Å². The summed E-state index contributed by atoms with van der Waals surface area (Å²) in [5, 5.41) is 4.11. The van der Waals surface area contributed by atoms with Crippen LogP contribution < -0.4 is 0 Å². The van der Waals surface area contributed by atoms with Crippen LogP contribution in [0.4, 0.5) is 0 Å². The van der Waals surface area contributed by atoms with E-state index in [1.54, 1.807) is 15.2 Å². The Hall–Kier alpha value is -0.590. The molecule has 2 rings (SSSR count). The van der Waals surface area contributed by atoms with Gasteiger partial charge < -0.3 is 0 Å². The summed E-state index contributed by atoms with van der Waals surface area (Å²) < 4.78 is 28.7. The molecular weight excluding hydrogens is 298 g/mol. The first-order valence-corrected chi connectivity index (χ1v) is 9.04. The third-order valence-electron chi connectivity index (χ3n) is 3.75. The topological polar surface area (TPSA) is 55.2 Å². The summed E-state index contributed by atoms with van der Waals surface area (Å²) in [6.45, 7) is 5.40. The first-order chi connectivity index (χ1) is 9.46. The lowest BCUT2D eigenvalue weighted by Gasteiger charge is -2.26. The predicted octanol–water partition coefficient (Wildman–Crippen LogP) is 2.32. The number of aromatic nitrogens is 2. The zero-order valence-corrected chi connectivity index (χ0v) is 13.6. The third kappa shape index (κ3) is 3.18. The van der Waals surface area contributed by atoms with Gasteiger partial charge in [0.1, 0.15) is 4.90 Å². The van der Waals surface area contributed by atoms with E-state index in [1.165, 1.54) is 6.20 Å². The van der Waals surface area contributed by atoms with Gasteiger partial charge in [0, 0.05) is 31.2 Å². The first kappa shape index (κ1) is 15.8. The van der Waals surface area contributed by atoms with Gasteiger partial charge in [0.2, 0.25) is 10.0 Å². The molecular formula is C13H22ClN3O2S. The van der Waals surface area contributed by atoms with Crippen LogP contribution in [0.15, 0.2) is 17.3 Å². The fourth-order valence-electron chi connectivity index (χ4n) is 2.69. The lowest BCUT2D eigenvalue weighted by Crippen LogP contribution is -2.38. The van der Waals surface area contributed by atoms with Gasteiger partial charge in [-0.05, 0) is 25.2 Å². The Morgan fingerprint density at radius 3 is 2.90 bits per heavy atom. The Labute approximate surface area is 126 Å². The maximum atomic E-state index is 12.7. The molecule has 1 saturated heterocycles. The van der Waals surface area contributed by atoms with Crippen molar-refractivity contribution in [1.82, 2.24) is 14.1 Å². The molecule has 0 aliphatic carbocycles. The van der Waals surface area contributed by atoms with Crippen molar-refractivity contribution in [3.63, 3.8) is 0 Å². The highest BCUT2D eigenvalue weighted by atomic mass is 35.5. The molecule has 1 unspecified atom stereocenters. The molecule has 1 aliphatic rings. The van der Waals surface area contributed by atoms with Gasteiger partial charge >= 0.3 is 0 Å². The largest absolute Gasteiger partial charge is 0.271 e. The molecule has 1 aliphatic heterocycles. The Bertz CT molecular complexity index is 542. The molecule has 1 fully saturated rings. The minimum atomic E-state index is -3.42. The van der Waals surface area contributed by atoms with Crippen molar-refractivity contribution < 1.29 is 8.42 Å². The van der Waals surface area contributed by atoms with Gasteiger partial charge in [0.15, 0.2) is 0 Å². The molecule has 0 spiro atoms. The molecule has 7 heteroatoms. The molecule has 0 bridgehead atoms. The van der Waals surface area contributed by atoms with E-state index in [2.05, 4.69) is 18.9 Å². The van der Waals surface area contributed by atoms with Gasteiger partial charge in [-0.1, -0.05) is 13.8 Å². The van der Waals surface area contributed by atoms with Crippen molar-refractivity contribution in [1.29, 1.82) is 0 Å². The Morgan fingerprint density at radius 1 is 1.50 bits per heavy atom. The Kier molecular flexibility index (Phi) is 5.09. The number of alkyl halides is 1. The molecule has 1 atom stereocenters. The smallest absolute Gasteiger partial charge is 0.246 e. The summed E-state index contributed by atoms with van der Waals surface area (Å²) in [6.07, 6.45) is 5.71. The normalized spacial score (nSPS) is 20.9. The second kappa shape index (κ2) is 6.45. The zero-order chi connectivity index (χ0) is 14.8. The maximum Gasteiger partial charge on any atom is 0.246 e. The van der Waals surface area contributed by atoms with Gasteiger partial charge in [-0.2, -0.15) is 9.40 Å². The first-order valence-electron chi connectivity index (χ1n) is 7.07. The molecule has 114 valence electrons. The molecule has 0 amide bonds. The zero-order valence-electron chi connectivity index (χ0n) is 12.0. The van der Waals surface area contributed by atoms with E-state index in [-0.39, 0.29) is 6.04 Å². The quantitative estimate of drug-likeness (QED) is 0.756. The molecule has 0 aromatic carbocycles. The lowest BCUT2D eigenvalue weighted by atomic mass is 10.0. The fourth-order valence-corrected chi connectivity index (χ4v) is 4.59. The van der Waals surface area contributed by atoms with Crippen molar-refractivity contribution in [3.05, 3.63) is 12.4 Å². The summed E-state index contributed by atoms with van der Waals surface area (Å²) in [7, 11) is -3.42. The van der Waals surface area contributed by atoms with Gasteiger partial charge in [0.05, 0.1) is 6.20 Å². The Balaban J connectivity index is 2.19. The van der Waals surface area contributed by atoms with Crippen LogP contribution in [0.25, 0.3) is 0 Å². The molecule has 2 heterocycles. The highest BCUT2D eigenvalue weighted by Gasteiger charge is 2.37. The second-order valence-corrected chi connectivity index (χ2v) is 7.82. The molecule has 0 N–H and O–H groups in total. The van der Waals surface area contributed by atoms with Crippen LogP contribution in [0, 0.1) is 5.92 Å². The molecule has 1 aromatic heterocycles. The number of sulfonamides is 1. The molecule has 20 heavy (non-hydrogen) atoms. The SMILES string of the molecule is CC(C)C1CCCN1S(=O)(=O)c1cnn(CCCCl)c1. The average molecular weight is 320 g/mol. The van der Waals surface area contributed by atoms with Crippen molar-refractivity contribution in [2.24, 2.45) is 5.92 Å². The van der Waals surface area contributed by atoms with Crippen LogP contribution in [0.3, 0.4) is 0 Å². The van der Waals surface area contributed by atoms with E-state index in [0.29, 0.717) is 29.8 Å². The summed E-state index contributed by atoms with van der Waals surface area (Å²) >= 11 is 5.64. The van der Waals surface area contributed by atoms with Crippen molar-refractivity contribution in [2.45, 2.75) is 50.6 Å². The van der Waals surface area contributed by atoms with E-state index in [9.17, 15) is 8.42 Å². The van der Waals surface area contributed by atoms with E-state index in [0.717, 1.165) is 19.3 Å². The molecule has 1 aromatic rings. The van der Waals surface area contributed by atoms with Crippen LogP contribution >= 0.6 is 11.6 Å². The highest BCUT2D eigenvalue weighted by Crippen LogP contribution is 2.29. The van der Waals surface area contributed by atoms with Gasteiger partial charge in [-0.3, -0.25) is 4.68 Å². The summed E-state index contributed by atoms with van der Waals surface area (Å²) in [6, 6.07) is 0.103. The summed E-state index contributed by atoms with van der Waals surface area (Å²) in [5.41, 5.74) is 0. The number of hydrogen-bond acceptors (Lipinski definition) is 3. The number of aryl methyl sites for hydroxylation is 1. The van der Waals surface area contributed by atoms with Crippen LogP contribution in [0.5, 0.6) is 0 Å². The minimum Gasteiger partial charge on any atom is -0.271 e. The minimum absolute atomic E-state index is 0.103. The standard InChI is InChI=1S/C13H22ClN3O2S/c1-11(2)13-5-3-8-17(13)20(18,19)12-9-15-16(10-12)7-4-6-14/h9-11,13H,3-8H2,1-2H3. The highest BCUT2D eigenvalue weighted by molar-refractivity contribution is 7.89. The van der Waals surface area contributed by atoms with E-state index < -0.39 is 10.0 Å². The maximum absolute atomic E-state index is 12.7. The van der Waals surface area contributed by atoms with E-state index in [1.807, 2.05) is 0 Å². The van der Waals surface area contributed by atoms with Crippen LogP contribution in [0.1, 0.15) is 33.1 Å². The third-order valence-corrected chi connectivity index (χ3v) is 5.90. The number of halogens is 1. The van der Waals surface area contributed by atoms with Crippen LogP contribution in [0.2, 0.25) is 0 Å². The molecule has 0 radical (unpaired) electrons. The van der Waals surface area contributed by atoms with Crippen LogP contribution in [-0.2, 0) is 16.6 Å². The fraction of sp³-hybridized carbons (Fsp3) is 0.769. The van der Waals surface area contributed by atoms with Crippen LogP contribution in [-0.4, -0.2) is 41.0 Å². The van der Waals surface area contributed by atoms with E-state index >= 15 is 0 Å². The van der Waals surface area contributed by atoms with Crippen molar-refractivity contribution >= 4 is 21.6 Å². The predicted molar refractivity (Wildman–Crippen MR) is 79.3 cm³/mol. The van der Waals surface area contributed by atoms with Gasteiger partial charge in [-0.25, -0.2) is 8.42 Å². The monoisotopic (exact) mass is 319 g/mol. The van der Waals surface area contributed by atoms with Gasteiger partial charge in [0.25, 0.3) is 0 Å². The number of nitrogens with zero attached hydrogens (tertiary/aromatic N) is 3. The van der Waals surface area contributed by atoms with Crippen molar-refractivity contribution in [2.75, 3.05) is 12.4 Å². The number of rotatable bonds is 6. The molecule has 5 nitrogen and oxygen atoms in total.